The molecule has 0 aliphatic heterocycles. The van der Waals surface area contributed by atoms with E-state index in [-0.39, 0.29) is 0 Å². The van der Waals surface area contributed by atoms with Gasteiger partial charge >= 0.3 is 5.69 Å². The SMILES string of the molecule is N#Cc1ccc(Cl)c(-c2cc3[nH]c(=O)n(-c4cncc5ccccc45)c(=O)c3s2)c1. The predicted molar refractivity (Wildman–Crippen MR) is 119 cm³/mol. The quantitative estimate of drug-likeness (QED) is 0.447. The predicted octanol–water partition coefficient (Wildman–Crippen LogP) is 4.48. The van der Waals surface area contributed by atoms with Crippen molar-refractivity contribution in [3.8, 4) is 22.2 Å². The summed E-state index contributed by atoms with van der Waals surface area (Å²) < 4.78 is 1.49. The van der Waals surface area contributed by atoms with E-state index in [1.54, 1.807) is 30.5 Å². The standard InChI is InChI=1S/C22H11ClN4O2S/c23-16-6-5-12(9-24)7-15(16)19-8-17-20(30-19)21(28)27(22(29)26-17)18-11-25-10-13-3-1-2-4-14(13)18/h1-8,10-11H,(H,26,29). The zero-order valence-electron chi connectivity index (χ0n) is 15.2. The second kappa shape index (κ2) is 6.95. The molecule has 0 aliphatic carbocycles. The summed E-state index contributed by atoms with van der Waals surface area (Å²) in [5.74, 6) is 0. The average Bonchev–Trinajstić information content (AvgIpc) is 3.18. The van der Waals surface area contributed by atoms with Gasteiger partial charge in [0.05, 0.1) is 29.0 Å². The Hall–Kier alpha value is -3.73. The van der Waals surface area contributed by atoms with Crippen molar-refractivity contribution >= 4 is 43.9 Å². The lowest BCUT2D eigenvalue weighted by Gasteiger charge is -2.07. The lowest BCUT2D eigenvalue weighted by Crippen LogP contribution is -2.33. The van der Waals surface area contributed by atoms with Crippen LogP contribution in [0.25, 0.3) is 37.1 Å². The normalized spacial score (nSPS) is 11.1. The maximum Gasteiger partial charge on any atom is 0.333 e. The Morgan fingerprint density at radius 2 is 1.93 bits per heavy atom. The van der Waals surface area contributed by atoms with E-state index in [4.69, 9.17) is 11.6 Å². The number of thiophene rings is 1. The fraction of sp³-hybridized carbons (Fsp3) is 0. The first-order valence-electron chi connectivity index (χ1n) is 8.89. The fourth-order valence-corrected chi connectivity index (χ4v) is 4.77. The van der Waals surface area contributed by atoms with Gasteiger partial charge in [0.25, 0.3) is 5.56 Å². The summed E-state index contributed by atoms with van der Waals surface area (Å²) in [5.41, 5.74) is 0.950. The van der Waals surface area contributed by atoms with E-state index in [2.05, 4.69) is 16.0 Å². The van der Waals surface area contributed by atoms with Gasteiger partial charge in [0.1, 0.15) is 4.70 Å². The highest BCUT2D eigenvalue weighted by atomic mass is 35.5. The molecular formula is C22H11ClN4O2S. The van der Waals surface area contributed by atoms with Crippen molar-refractivity contribution in [1.29, 1.82) is 5.26 Å². The second-order valence-electron chi connectivity index (χ2n) is 6.61. The number of benzene rings is 2. The Morgan fingerprint density at radius 3 is 2.77 bits per heavy atom. The molecule has 0 unspecified atom stereocenters. The maximum atomic E-state index is 13.3. The molecule has 5 rings (SSSR count). The van der Waals surface area contributed by atoms with Crippen LogP contribution in [0.15, 0.2) is 70.5 Å². The van der Waals surface area contributed by atoms with Crippen LogP contribution in [0.3, 0.4) is 0 Å². The second-order valence-corrected chi connectivity index (χ2v) is 8.07. The van der Waals surface area contributed by atoms with E-state index in [0.29, 0.717) is 36.9 Å². The topological polar surface area (TPSA) is 91.5 Å². The summed E-state index contributed by atoms with van der Waals surface area (Å²) in [7, 11) is 0. The van der Waals surface area contributed by atoms with Gasteiger partial charge in [-0.2, -0.15) is 5.26 Å². The van der Waals surface area contributed by atoms with Gasteiger partial charge in [0.15, 0.2) is 0 Å². The smallest absolute Gasteiger partial charge is 0.306 e. The van der Waals surface area contributed by atoms with Crippen LogP contribution < -0.4 is 11.2 Å². The molecule has 0 spiro atoms. The Morgan fingerprint density at radius 1 is 1.10 bits per heavy atom. The van der Waals surface area contributed by atoms with E-state index in [1.165, 1.54) is 17.5 Å². The molecule has 2 aromatic carbocycles. The summed E-state index contributed by atoms with van der Waals surface area (Å²) in [6.07, 6.45) is 3.19. The Balaban J connectivity index is 1.79. The zero-order chi connectivity index (χ0) is 20.8. The maximum absolute atomic E-state index is 13.3. The van der Waals surface area contributed by atoms with Crippen molar-refractivity contribution < 1.29 is 0 Å². The molecule has 0 amide bonds. The van der Waals surface area contributed by atoms with Crippen LogP contribution in [-0.4, -0.2) is 14.5 Å². The number of hydrogen-bond donors (Lipinski definition) is 1. The fourth-order valence-electron chi connectivity index (χ4n) is 3.42. The molecule has 0 fully saturated rings. The van der Waals surface area contributed by atoms with Gasteiger partial charge in [-0.05, 0) is 24.3 Å². The number of aromatic amines is 1. The van der Waals surface area contributed by atoms with Crippen molar-refractivity contribution in [3.05, 3.63) is 92.3 Å². The van der Waals surface area contributed by atoms with Crippen molar-refractivity contribution in [2.24, 2.45) is 0 Å². The molecule has 3 aromatic heterocycles. The number of nitrogens with zero attached hydrogens (tertiary/aromatic N) is 3. The number of hydrogen-bond acceptors (Lipinski definition) is 5. The summed E-state index contributed by atoms with van der Waals surface area (Å²) in [6.45, 7) is 0. The third kappa shape index (κ3) is 2.82. The first-order chi connectivity index (χ1) is 14.6. The molecule has 0 saturated heterocycles. The molecule has 144 valence electrons. The van der Waals surface area contributed by atoms with E-state index in [9.17, 15) is 14.9 Å². The Kier molecular flexibility index (Phi) is 4.24. The largest absolute Gasteiger partial charge is 0.333 e. The van der Waals surface area contributed by atoms with Crippen molar-refractivity contribution in [2.45, 2.75) is 0 Å². The van der Waals surface area contributed by atoms with Crippen molar-refractivity contribution in [3.63, 3.8) is 0 Å². The van der Waals surface area contributed by atoms with Gasteiger partial charge in [0.2, 0.25) is 0 Å². The summed E-state index contributed by atoms with van der Waals surface area (Å²) in [6, 6.07) is 16.1. The van der Waals surface area contributed by atoms with Crippen LogP contribution in [0, 0.1) is 11.3 Å². The number of rotatable bonds is 2. The lowest BCUT2D eigenvalue weighted by atomic mass is 10.1. The van der Waals surface area contributed by atoms with Crippen LogP contribution in [0.4, 0.5) is 0 Å². The molecule has 0 radical (unpaired) electrons. The molecule has 8 heteroatoms. The van der Waals surface area contributed by atoms with Gasteiger partial charge < -0.3 is 4.98 Å². The molecule has 0 bridgehead atoms. The minimum atomic E-state index is -0.549. The van der Waals surface area contributed by atoms with E-state index >= 15 is 0 Å². The third-order valence-electron chi connectivity index (χ3n) is 4.82. The summed E-state index contributed by atoms with van der Waals surface area (Å²) in [5, 5.41) is 11.2. The van der Waals surface area contributed by atoms with Crippen molar-refractivity contribution in [2.75, 3.05) is 0 Å². The molecular weight excluding hydrogens is 420 g/mol. The van der Waals surface area contributed by atoms with Gasteiger partial charge in [-0.1, -0.05) is 35.9 Å². The zero-order valence-corrected chi connectivity index (χ0v) is 16.8. The first-order valence-corrected chi connectivity index (χ1v) is 10.1. The van der Waals surface area contributed by atoms with Gasteiger partial charge in [-0.3, -0.25) is 9.78 Å². The van der Waals surface area contributed by atoms with E-state index in [1.807, 2.05) is 24.3 Å². The number of fused-ring (bicyclic) bond motifs is 2. The number of aromatic nitrogens is 3. The number of nitriles is 1. The molecule has 1 N–H and O–H groups in total. The highest BCUT2D eigenvalue weighted by molar-refractivity contribution is 7.22. The van der Waals surface area contributed by atoms with Crippen LogP contribution in [-0.2, 0) is 0 Å². The lowest BCUT2D eigenvalue weighted by molar-refractivity contribution is 0.905. The van der Waals surface area contributed by atoms with E-state index in [0.717, 1.165) is 15.3 Å². The first kappa shape index (κ1) is 18.3. The minimum absolute atomic E-state index is 0.385. The van der Waals surface area contributed by atoms with Crippen LogP contribution >= 0.6 is 22.9 Å². The molecule has 6 nitrogen and oxygen atoms in total. The van der Waals surface area contributed by atoms with Crippen LogP contribution in [0.2, 0.25) is 5.02 Å². The average molecular weight is 431 g/mol. The third-order valence-corrected chi connectivity index (χ3v) is 6.31. The summed E-state index contributed by atoms with van der Waals surface area (Å²) in [4.78, 5) is 33.8. The highest BCUT2D eigenvalue weighted by Gasteiger charge is 2.17. The minimum Gasteiger partial charge on any atom is -0.306 e. The Labute approximate surface area is 178 Å². The molecule has 3 heterocycles. The number of nitrogens with one attached hydrogen (secondary N) is 1. The molecule has 5 aromatic rings. The van der Waals surface area contributed by atoms with Gasteiger partial charge in [0, 0.05) is 32.4 Å². The highest BCUT2D eigenvalue weighted by Crippen LogP contribution is 2.35. The van der Waals surface area contributed by atoms with Gasteiger partial charge in [-0.25, -0.2) is 9.36 Å². The Bertz CT molecular complexity index is 1620. The summed E-state index contributed by atoms with van der Waals surface area (Å²) >= 11 is 7.53. The molecule has 30 heavy (non-hydrogen) atoms. The number of pyridine rings is 1. The molecule has 0 saturated carbocycles. The van der Waals surface area contributed by atoms with E-state index < -0.39 is 11.2 Å². The monoisotopic (exact) mass is 430 g/mol. The van der Waals surface area contributed by atoms with Gasteiger partial charge in [-0.15, -0.1) is 11.3 Å². The van der Waals surface area contributed by atoms with Crippen LogP contribution in [0.5, 0.6) is 0 Å². The number of H-pyrrole nitrogens is 1. The number of halogens is 1. The molecule has 0 aliphatic rings. The van der Waals surface area contributed by atoms with Crippen molar-refractivity contribution in [1.82, 2.24) is 14.5 Å². The molecule has 0 atom stereocenters. The van der Waals surface area contributed by atoms with Crippen LogP contribution in [0.1, 0.15) is 5.56 Å².